The Morgan fingerprint density at radius 1 is 1.13 bits per heavy atom. The van der Waals surface area contributed by atoms with E-state index in [9.17, 15) is 9.59 Å². The summed E-state index contributed by atoms with van der Waals surface area (Å²) in [6.07, 6.45) is 0.739. The van der Waals surface area contributed by atoms with Gasteiger partial charge >= 0.3 is 0 Å². The topological polar surface area (TPSA) is 61.4 Å². The number of halogens is 1. The molecule has 1 unspecified atom stereocenters. The summed E-state index contributed by atoms with van der Waals surface area (Å²) in [5, 5.41) is 7.27. The van der Waals surface area contributed by atoms with Crippen molar-refractivity contribution < 1.29 is 9.59 Å². The molecule has 1 spiro atoms. The fraction of sp³-hybridized carbons (Fsp3) is 0.440. The summed E-state index contributed by atoms with van der Waals surface area (Å²) < 4.78 is 0. The fourth-order valence-electron chi connectivity index (χ4n) is 5.35. The predicted octanol–water partition coefficient (Wildman–Crippen LogP) is 4.18. The van der Waals surface area contributed by atoms with Crippen LogP contribution >= 0.6 is 11.6 Å². The Kier molecular flexibility index (Phi) is 5.39. The van der Waals surface area contributed by atoms with E-state index in [4.69, 9.17) is 11.6 Å². The molecule has 4 atom stereocenters. The molecule has 2 aromatic rings. The van der Waals surface area contributed by atoms with Crippen molar-refractivity contribution in [2.75, 3.05) is 19.4 Å². The van der Waals surface area contributed by atoms with Crippen LogP contribution in [0.15, 0.2) is 48.5 Å². The lowest BCUT2D eigenvalue weighted by Crippen LogP contribution is -2.49. The number of benzene rings is 2. The molecular weight excluding hydrogens is 410 g/mol. The molecule has 0 aromatic heterocycles. The first-order valence-electron chi connectivity index (χ1n) is 10.7. The van der Waals surface area contributed by atoms with Crippen molar-refractivity contribution in [3.63, 3.8) is 0 Å². The first-order valence-corrected chi connectivity index (χ1v) is 11.1. The van der Waals surface area contributed by atoms with Crippen LogP contribution in [0.3, 0.4) is 0 Å². The third kappa shape index (κ3) is 3.54. The number of hydrogen-bond donors (Lipinski definition) is 2. The van der Waals surface area contributed by atoms with Crippen molar-refractivity contribution in [2.24, 2.45) is 5.41 Å². The second kappa shape index (κ2) is 7.64. The van der Waals surface area contributed by atoms with Gasteiger partial charge < -0.3 is 15.5 Å². The second-order valence-electron chi connectivity index (χ2n) is 10.1. The van der Waals surface area contributed by atoms with Crippen LogP contribution in [0, 0.1) is 5.41 Å². The molecule has 164 valence electrons. The normalized spacial score (nSPS) is 27.3. The molecular formula is C25H30ClN3O2. The van der Waals surface area contributed by atoms with E-state index in [1.807, 2.05) is 42.5 Å². The summed E-state index contributed by atoms with van der Waals surface area (Å²) in [6, 6.07) is 14.8. The largest absolute Gasteiger partial charge is 0.347 e. The van der Waals surface area contributed by atoms with Crippen molar-refractivity contribution >= 4 is 29.1 Å². The molecule has 31 heavy (non-hydrogen) atoms. The number of anilines is 1. The average molecular weight is 440 g/mol. The van der Waals surface area contributed by atoms with Gasteiger partial charge in [-0.15, -0.1) is 0 Å². The first kappa shape index (κ1) is 21.8. The minimum Gasteiger partial charge on any atom is -0.347 e. The number of carbonyl (C=O) groups is 2. The number of rotatable bonds is 3. The zero-order chi connectivity index (χ0) is 22.6. The van der Waals surface area contributed by atoms with Gasteiger partial charge in [0.05, 0.1) is 6.04 Å². The van der Waals surface area contributed by atoms with Crippen molar-refractivity contribution in [1.29, 1.82) is 0 Å². The maximum Gasteiger partial charge on any atom is 0.239 e. The summed E-state index contributed by atoms with van der Waals surface area (Å²) in [4.78, 5) is 28.8. The molecule has 2 aliphatic rings. The first-order chi connectivity index (χ1) is 14.6. The third-order valence-corrected chi connectivity index (χ3v) is 6.72. The Morgan fingerprint density at radius 3 is 2.42 bits per heavy atom. The molecule has 2 aliphatic heterocycles. The SMILES string of the molecule is CN(C)C(=O)C1N[C@H](CC(C)(C)C)[C@]2(C(=O)Nc3cc(Cl)ccc32)[C@H]1c1ccccc1. The van der Waals surface area contributed by atoms with Gasteiger partial charge in [0.25, 0.3) is 0 Å². The Bertz CT molecular complexity index is 1020. The van der Waals surface area contributed by atoms with Crippen LogP contribution in [0.2, 0.25) is 5.02 Å². The molecule has 0 radical (unpaired) electrons. The lowest BCUT2D eigenvalue weighted by Gasteiger charge is -2.37. The van der Waals surface area contributed by atoms with Crippen LogP contribution in [0.5, 0.6) is 0 Å². The van der Waals surface area contributed by atoms with Gasteiger partial charge in [0.2, 0.25) is 11.8 Å². The number of likely N-dealkylation sites (N-methyl/N-ethyl adjacent to an activating group) is 1. The van der Waals surface area contributed by atoms with E-state index in [0.717, 1.165) is 23.2 Å². The lowest BCUT2D eigenvalue weighted by atomic mass is 9.62. The Hall–Kier alpha value is -2.37. The standard InChI is InChI=1S/C25H30ClN3O2/c1-24(2,3)14-19-25(17-12-11-16(26)13-18(17)27-23(25)31)20(15-9-7-6-8-10-15)21(28-19)22(30)29(4)5/h6-13,19-21,28H,14H2,1-5H3,(H,27,31)/t19-,20+,21?,25+/m1/s1. The Morgan fingerprint density at radius 2 is 1.81 bits per heavy atom. The van der Waals surface area contributed by atoms with Crippen LogP contribution in [-0.2, 0) is 15.0 Å². The van der Waals surface area contributed by atoms with Crippen LogP contribution in [0.4, 0.5) is 5.69 Å². The summed E-state index contributed by atoms with van der Waals surface area (Å²) in [7, 11) is 3.52. The quantitative estimate of drug-likeness (QED) is 0.754. The molecule has 1 saturated heterocycles. The summed E-state index contributed by atoms with van der Waals surface area (Å²) in [5.41, 5.74) is 1.66. The minimum atomic E-state index is -0.912. The molecule has 5 nitrogen and oxygen atoms in total. The molecule has 2 aromatic carbocycles. The zero-order valence-electron chi connectivity index (χ0n) is 18.7. The van der Waals surface area contributed by atoms with E-state index in [1.165, 1.54) is 0 Å². The molecule has 2 N–H and O–H groups in total. The molecule has 4 rings (SSSR count). The summed E-state index contributed by atoms with van der Waals surface area (Å²) >= 11 is 6.26. The van der Waals surface area contributed by atoms with E-state index in [0.29, 0.717) is 5.02 Å². The zero-order valence-corrected chi connectivity index (χ0v) is 19.5. The van der Waals surface area contributed by atoms with E-state index < -0.39 is 11.5 Å². The maximum absolute atomic E-state index is 13.9. The molecule has 6 heteroatoms. The Balaban J connectivity index is 1.99. The van der Waals surface area contributed by atoms with E-state index in [2.05, 4.69) is 31.4 Å². The highest BCUT2D eigenvalue weighted by Gasteiger charge is 2.65. The number of amides is 2. The van der Waals surface area contributed by atoms with E-state index >= 15 is 0 Å². The monoisotopic (exact) mass is 439 g/mol. The highest BCUT2D eigenvalue weighted by molar-refractivity contribution is 6.31. The van der Waals surface area contributed by atoms with Gasteiger partial charge in [0.1, 0.15) is 5.41 Å². The van der Waals surface area contributed by atoms with Gasteiger partial charge in [-0.3, -0.25) is 9.59 Å². The van der Waals surface area contributed by atoms with Crippen molar-refractivity contribution in [1.82, 2.24) is 10.2 Å². The number of nitrogens with one attached hydrogen (secondary N) is 2. The number of nitrogens with zero attached hydrogens (tertiary/aromatic N) is 1. The molecule has 2 heterocycles. The summed E-state index contributed by atoms with van der Waals surface area (Å²) in [6.45, 7) is 6.49. The third-order valence-electron chi connectivity index (χ3n) is 6.49. The number of carbonyl (C=O) groups excluding carboxylic acids is 2. The number of hydrogen-bond acceptors (Lipinski definition) is 3. The van der Waals surface area contributed by atoms with Crippen molar-refractivity contribution in [3.8, 4) is 0 Å². The molecule has 2 amide bonds. The molecule has 0 saturated carbocycles. The lowest BCUT2D eigenvalue weighted by molar-refractivity contribution is -0.131. The van der Waals surface area contributed by atoms with Crippen LogP contribution in [-0.4, -0.2) is 42.9 Å². The number of fused-ring (bicyclic) bond motifs is 2. The average Bonchev–Trinajstić information content (AvgIpc) is 3.16. The van der Waals surface area contributed by atoms with Crippen molar-refractivity contribution in [2.45, 2.75) is 50.6 Å². The Labute approximate surface area is 189 Å². The van der Waals surface area contributed by atoms with Gasteiger partial charge in [0, 0.05) is 36.8 Å². The maximum atomic E-state index is 13.9. The van der Waals surface area contributed by atoms with E-state index in [-0.39, 0.29) is 29.2 Å². The van der Waals surface area contributed by atoms with Gasteiger partial charge in [-0.05, 0) is 35.1 Å². The van der Waals surface area contributed by atoms with Crippen LogP contribution < -0.4 is 10.6 Å². The van der Waals surface area contributed by atoms with E-state index in [1.54, 1.807) is 25.1 Å². The minimum absolute atomic E-state index is 0.0279. The molecule has 0 aliphatic carbocycles. The molecule has 1 fully saturated rings. The highest BCUT2D eigenvalue weighted by atomic mass is 35.5. The van der Waals surface area contributed by atoms with Gasteiger partial charge in [0.15, 0.2) is 0 Å². The second-order valence-corrected chi connectivity index (χ2v) is 10.5. The van der Waals surface area contributed by atoms with Gasteiger partial charge in [-0.1, -0.05) is 68.8 Å². The summed E-state index contributed by atoms with van der Waals surface area (Å²) in [5.74, 6) is -0.451. The smallest absolute Gasteiger partial charge is 0.239 e. The predicted molar refractivity (Wildman–Crippen MR) is 124 cm³/mol. The van der Waals surface area contributed by atoms with Crippen LogP contribution in [0.25, 0.3) is 0 Å². The fourth-order valence-corrected chi connectivity index (χ4v) is 5.52. The van der Waals surface area contributed by atoms with Gasteiger partial charge in [-0.25, -0.2) is 0 Å². The van der Waals surface area contributed by atoms with Crippen LogP contribution in [0.1, 0.15) is 44.2 Å². The molecule has 0 bridgehead atoms. The highest BCUT2D eigenvalue weighted by Crippen LogP contribution is 2.56. The van der Waals surface area contributed by atoms with Crippen molar-refractivity contribution in [3.05, 3.63) is 64.7 Å². The van der Waals surface area contributed by atoms with Gasteiger partial charge in [-0.2, -0.15) is 0 Å².